The van der Waals surface area contributed by atoms with E-state index in [0.29, 0.717) is 25.7 Å². The fourth-order valence-electron chi connectivity index (χ4n) is 10.5. The summed E-state index contributed by atoms with van der Waals surface area (Å²) in [6, 6.07) is 0. The molecule has 0 saturated carbocycles. The lowest BCUT2D eigenvalue weighted by atomic mass is 10.0. The number of carbonyl (C=O) groups is 4. The number of aliphatic hydroxyl groups is 1. The van der Waals surface area contributed by atoms with Gasteiger partial charge in [0.15, 0.2) is 12.2 Å². The first-order valence-electron chi connectivity index (χ1n) is 39.8. The first-order chi connectivity index (χ1) is 49.7. The Kier molecular flexibility index (Phi) is 71.4. The number of carbonyl (C=O) groups excluding carboxylic acids is 4. The highest BCUT2D eigenvalue weighted by atomic mass is 31.2. The molecule has 0 bridgehead atoms. The zero-order valence-electron chi connectivity index (χ0n) is 64.0. The summed E-state index contributed by atoms with van der Waals surface area (Å²) in [7, 11) is -9.97. The minimum Gasteiger partial charge on any atom is -0.462 e. The second-order valence-electron chi connectivity index (χ2n) is 26.3. The van der Waals surface area contributed by atoms with Gasteiger partial charge in [0, 0.05) is 25.7 Å². The summed E-state index contributed by atoms with van der Waals surface area (Å²) >= 11 is 0. The number of allylic oxidation sites excluding steroid dienone is 20. The molecule has 102 heavy (non-hydrogen) atoms. The first-order valence-corrected chi connectivity index (χ1v) is 42.8. The Morgan fingerprint density at radius 2 is 0.510 bits per heavy atom. The molecule has 0 aliphatic heterocycles. The van der Waals surface area contributed by atoms with E-state index in [1.807, 2.05) is 0 Å². The third kappa shape index (κ3) is 73.8. The second-order valence-corrected chi connectivity index (χ2v) is 29.2. The lowest BCUT2D eigenvalue weighted by Gasteiger charge is -2.21. The number of unbranched alkanes of at least 4 members (excludes halogenated alkanes) is 28. The van der Waals surface area contributed by atoms with Gasteiger partial charge in [-0.25, -0.2) is 9.13 Å². The number of aliphatic hydroxyl groups excluding tert-OH is 1. The molecule has 0 rings (SSSR count). The maximum atomic E-state index is 13.1. The Morgan fingerprint density at radius 3 is 0.784 bits per heavy atom. The number of phosphoric acid groups is 2. The molecule has 0 aliphatic carbocycles. The predicted molar refractivity (Wildman–Crippen MR) is 418 cm³/mol. The number of hydrogen-bond acceptors (Lipinski definition) is 15. The Balaban J connectivity index is 5.40. The molecule has 0 aromatic rings. The highest BCUT2D eigenvalue weighted by Crippen LogP contribution is 2.45. The van der Waals surface area contributed by atoms with Crippen LogP contribution in [0.3, 0.4) is 0 Å². The summed E-state index contributed by atoms with van der Waals surface area (Å²) in [6.45, 7) is 4.59. The SMILES string of the molecule is CC/C=C\C/C=C\C/C=C\C/C=C\C/C=C\CCCCCC(=O)OCC(COP(=O)(O)OCC(O)COP(=O)(O)OCC(COC(=O)CCCCCCCCCCCCCCC)OC(=O)CCCCCCCCCCCCC)OC(=O)CCCCC/C=C\C/C=C\C/C=C\C/C=C\C/C=C\CC. The molecular weight excluding hydrogens is 1330 g/mol. The molecular formula is C83H142O17P2. The van der Waals surface area contributed by atoms with E-state index in [-0.39, 0.29) is 25.7 Å². The number of esters is 4. The van der Waals surface area contributed by atoms with Gasteiger partial charge < -0.3 is 33.8 Å². The van der Waals surface area contributed by atoms with Gasteiger partial charge in [-0.15, -0.1) is 0 Å². The van der Waals surface area contributed by atoms with E-state index in [1.165, 1.54) is 96.3 Å². The molecule has 17 nitrogen and oxygen atoms in total. The molecule has 19 heteroatoms. The van der Waals surface area contributed by atoms with Crippen LogP contribution in [0.1, 0.15) is 323 Å². The lowest BCUT2D eigenvalue weighted by Crippen LogP contribution is -2.30. The zero-order chi connectivity index (χ0) is 74.6. The van der Waals surface area contributed by atoms with Crippen LogP contribution >= 0.6 is 15.6 Å². The van der Waals surface area contributed by atoms with Gasteiger partial charge in [-0.1, -0.05) is 303 Å². The van der Waals surface area contributed by atoms with Crippen molar-refractivity contribution in [2.75, 3.05) is 39.6 Å². The maximum absolute atomic E-state index is 13.1. The largest absolute Gasteiger partial charge is 0.472 e. The van der Waals surface area contributed by atoms with E-state index >= 15 is 0 Å². The van der Waals surface area contributed by atoms with Crippen molar-refractivity contribution >= 4 is 39.5 Å². The van der Waals surface area contributed by atoms with Crippen molar-refractivity contribution < 1.29 is 80.2 Å². The topological polar surface area (TPSA) is 237 Å². The average molecular weight is 1470 g/mol. The van der Waals surface area contributed by atoms with Crippen LogP contribution in [0.25, 0.3) is 0 Å². The van der Waals surface area contributed by atoms with Crippen LogP contribution in [0, 0.1) is 0 Å². The summed E-state index contributed by atoms with van der Waals surface area (Å²) < 4.78 is 68.5. The van der Waals surface area contributed by atoms with Crippen molar-refractivity contribution in [3.8, 4) is 0 Å². The summed E-state index contributed by atoms with van der Waals surface area (Å²) in [5, 5.41) is 10.6. The summed E-state index contributed by atoms with van der Waals surface area (Å²) in [4.78, 5) is 72.9. The standard InChI is InChI=1S/C83H142O17P2/c1-5-9-13-17-21-25-29-32-34-36-38-40-42-45-49-52-56-60-64-68-81(86)94-74-79(100-83(88)70-66-62-58-54-50-46-43-41-39-37-35-33-30-26-22-18-14-10-6-2)76-98-102(91,92)96-72-77(84)71-95-101(89,90)97-75-78(99-82(87)69-65-61-57-53-47-28-24-20-16-12-8-4)73-93-80(85)67-63-59-55-51-48-44-31-27-23-19-15-11-7-3/h9-10,13-14,21-22,25-26,32-35,38-41,45-46,49-50,77-79,84H,5-8,11-12,15-20,23-24,27-31,36-37,42-44,47-48,51-76H2,1-4H3,(H,89,90)(H,91,92)/b13-9-,14-10-,25-21-,26-22-,34-32-,35-33-,40-38-,41-39-,49-45-,50-46-. The van der Waals surface area contributed by atoms with Gasteiger partial charge in [-0.2, -0.15) is 0 Å². The fraction of sp³-hybridized carbons (Fsp3) is 0.711. The van der Waals surface area contributed by atoms with Crippen LogP contribution < -0.4 is 0 Å². The van der Waals surface area contributed by atoms with E-state index in [2.05, 4.69) is 149 Å². The number of rotatable bonds is 74. The van der Waals surface area contributed by atoms with Crippen molar-refractivity contribution in [2.24, 2.45) is 0 Å². The molecule has 586 valence electrons. The number of phosphoric ester groups is 2. The van der Waals surface area contributed by atoms with Gasteiger partial charge in [0.2, 0.25) is 0 Å². The normalized spacial score (nSPS) is 14.5. The molecule has 0 aliphatic rings. The highest BCUT2D eigenvalue weighted by Gasteiger charge is 2.30. The van der Waals surface area contributed by atoms with E-state index < -0.39 is 97.5 Å². The van der Waals surface area contributed by atoms with E-state index in [1.54, 1.807) is 0 Å². The van der Waals surface area contributed by atoms with Crippen molar-refractivity contribution in [3.63, 3.8) is 0 Å². The molecule has 3 N–H and O–H groups in total. The van der Waals surface area contributed by atoms with Gasteiger partial charge >= 0.3 is 39.5 Å². The Labute approximate surface area is 619 Å². The molecule has 0 heterocycles. The van der Waals surface area contributed by atoms with Gasteiger partial charge in [-0.05, 0) is 116 Å². The Hall–Kier alpha value is -4.54. The van der Waals surface area contributed by atoms with Crippen LogP contribution in [-0.4, -0.2) is 96.7 Å². The van der Waals surface area contributed by atoms with Crippen molar-refractivity contribution in [2.45, 2.75) is 341 Å². The molecule has 0 aromatic carbocycles. The quantitative estimate of drug-likeness (QED) is 0.0169. The third-order valence-electron chi connectivity index (χ3n) is 16.5. The first kappa shape index (κ1) is 97.5. The monoisotopic (exact) mass is 1470 g/mol. The minimum atomic E-state index is -4.99. The molecule has 0 radical (unpaired) electrons. The number of hydrogen-bond donors (Lipinski definition) is 3. The van der Waals surface area contributed by atoms with E-state index in [4.69, 9.17) is 37.0 Å². The fourth-order valence-corrected chi connectivity index (χ4v) is 12.0. The molecule has 5 atom stereocenters. The van der Waals surface area contributed by atoms with Crippen LogP contribution in [0.15, 0.2) is 122 Å². The Morgan fingerprint density at radius 1 is 0.284 bits per heavy atom. The number of ether oxygens (including phenoxy) is 4. The zero-order valence-corrected chi connectivity index (χ0v) is 65.8. The smallest absolute Gasteiger partial charge is 0.462 e. The average Bonchev–Trinajstić information content (AvgIpc) is 0.940. The Bertz CT molecular complexity index is 2410. The second kappa shape index (κ2) is 74.7. The van der Waals surface area contributed by atoms with E-state index in [9.17, 15) is 43.2 Å². The molecule has 0 fully saturated rings. The van der Waals surface area contributed by atoms with Gasteiger partial charge in [0.25, 0.3) is 0 Å². The van der Waals surface area contributed by atoms with Crippen LogP contribution in [-0.2, 0) is 65.4 Å². The molecule has 5 unspecified atom stereocenters. The third-order valence-corrected chi connectivity index (χ3v) is 18.4. The molecule has 0 spiro atoms. The highest BCUT2D eigenvalue weighted by molar-refractivity contribution is 7.47. The minimum absolute atomic E-state index is 0.0458. The summed E-state index contributed by atoms with van der Waals surface area (Å²) in [6.07, 6.45) is 81.8. The van der Waals surface area contributed by atoms with Crippen molar-refractivity contribution in [3.05, 3.63) is 122 Å². The molecule has 0 saturated heterocycles. The maximum Gasteiger partial charge on any atom is 0.472 e. The predicted octanol–water partition coefficient (Wildman–Crippen LogP) is 23.1. The van der Waals surface area contributed by atoms with Gasteiger partial charge in [0.1, 0.15) is 19.3 Å². The molecule has 0 amide bonds. The van der Waals surface area contributed by atoms with Gasteiger partial charge in [0.05, 0.1) is 26.4 Å². The van der Waals surface area contributed by atoms with Crippen LogP contribution in [0.4, 0.5) is 0 Å². The molecule has 0 aromatic heterocycles. The van der Waals surface area contributed by atoms with Crippen LogP contribution in [0.2, 0.25) is 0 Å². The lowest BCUT2D eigenvalue weighted by molar-refractivity contribution is -0.161. The summed E-state index contributed by atoms with van der Waals surface area (Å²) in [5.74, 6) is -2.24. The van der Waals surface area contributed by atoms with Gasteiger partial charge in [-0.3, -0.25) is 37.3 Å². The van der Waals surface area contributed by atoms with Crippen molar-refractivity contribution in [1.82, 2.24) is 0 Å². The van der Waals surface area contributed by atoms with E-state index in [0.717, 1.165) is 148 Å². The summed E-state index contributed by atoms with van der Waals surface area (Å²) in [5.41, 5.74) is 0. The van der Waals surface area contributed by atoms with Crippen LogP contribution in [0.5, 0.6) is 0 Å². The van der Waals surface area contributed by atoms with Crippen molar-refractivity contribution in [1.29, 1.82) is 0 Å².